The fraction of sp³-hybridized carbons (Fsp3) is 0.257. The molecule has 0 saturated carbocycles. The van der Waals surface area contributed by atoms with Gasteiger partial charge in [-0.3, -0.25) is 4.79 Å². The van der Waals surface area contributed by atoms with Gasteiger partial charge in [0, 0.05) is 6.54 Å². The van der Waals surface area contributed by atoms with Crippen LogP contribution in [0.1, 0.15) is 44.1 Å². The summed E-state index contributed by atoms with van der Waals surface area (Å²) >= 11 is 0. The number of aryl methyl sites for hydroxylation is 1. The van der Waals surface area contributed by atoms with Gasteiger partial charge in [-0.05, 0) is 58.4 Å². The first-order valence-electron chi connectivity index (χ1n) is 14.0. The molecule has 1 amide bonds. The Morgan fingerprint density at radius 2 is 1.50 bits per heavy atom. The number of carbonyl (C=O) groups is 1. The standard InChI is InChI=1S/C35H37N3O2/c1-35(2,3)29-18-20-30(21-19-29)40-23-9-22-38-32-13-8-7-12-31(32)37-33(38)25-36-34(39)24-26-14-16-28(17-15-26)27-10-5-4-6-11-27/h4-8,10-21H,9,22-25H2,1-3H3,(H,36,39). The first kappa shape index (κ1) is 27.2. The van der Waals surface area contributed by atoms with Crippen molar-refractivity contribution in [3.05, 3.63) is 120 Å². The summed E-state index contributed by atoms with van der Waals surface area (Å²) in [6.45, 7) is 8.37. The Kier molecular flexibility index (Phi) is 8.30. The average molecular weight is 532 g/mol. The summed E-state index contributed by atoms with van der Waals surface area (Å²) in [6.07, 6.45) is 1.16. The van der Waals surface area contributed by atoms with Crippen LogP contribution in [0.2, 0.25) is 0 Å². The van der Waals surface area contributed by atoms with E-state index in [1.165, 1.54) is 11.1 Å². The molecule has 0 aliphatic rings. The minimum absolute atomic E-state index is 0.0203. The molecule has 4 aromatic carbocycles. The lowest BCUT2D eigenvalue weighted by Crippen LogP contribution is -2.26. The van der Waals surface area contributed by atoms with E-state index in [0.29, 0.717) is 19.6 Å². The quantitative estimate of drug-likeness (QED) is 0.192. The Morgan fingerprint density at radius 3 is 2.23 bits per heavy atom. The SMILES string of the molecule is CC(C)(C)c1ccc(OCCCn2c(CNC(=O)Cc3ccc(-c4ccccc4)cc3)nc3ccccc32)cc1. The number of para-hydroxylation sites is 2. The molecule has 5 aromatic rings. The fourth-order valence-electron chi connectivity index (χ4n) is 4.84. The topological polar surface area (TPSA) is 56.1 Å². The average Bonchev–Trinajstić information content (AvgIpc) is 3.32. The van der Waals surface area contributed by atoms with Crippen molar-refractivity contribution in [2.45, 2.75) is 52.1 Å². The van der Waals surface area contributed by atoms with E-state index in [1.54, 1.807) is 0 Å². The number of hydrogen-bond donors (Lipinski definition) is 1. The van der Waals surface area contributed by atoms with Gasteiger partial charge in [0.05, 0.1) is 30.6 Å². The smallest absolute Gasteiger partial charge is 0.224 e. The number of nitrogens with one attached hydrogen (secondary N) is 1. The molecule has 204 valence electrons. The van der Waals surface area contributed by atoms with Crippen LogP contribution in [-0.2, 0) is 29.7 Å². The van der Waals surface area contributed by atoms with Gasteiger partial charge >= 0.3 is 0 Å². The third-order valence-corrected chi connectivity index (χ3v) is 7.12. The molecule has 40 heavy (non-hydrogen) atoms. The number of aromatic nitrogens is 2. The predicted molar refractivity (Wildman–Crippen MR) is 162 cm³/mol. The number of imidazole rings is 1. The van der Waals surface area contributed by atoms with Gasteiger partial charge in [0.25, 0.3) is 0 Å². The van der Waals surface area contributed by atoms with Crippen LogP contribution in [0.25, 0.3) is 22.2 Å². The van der Waals surface area contributed by atoms with Crippen molar-refractivity contribution < 1.29 is 9.53 Å². The molecule has 1 N–H and O–H groups in total. The molecule has 0 bridgehead atoms. The maximum Gasteiger partial charge on any atom is 0.224 e. The van der Waals surface area contributed by atoms with Gasteiger partial charge < -0.3 is 14.6 Å². The molecule has 5 heteroatoms. The minimum Gasteiger partial charge on any atom is -0.494 e. The molecule has 0 spiro atoms. The largest absolute Gasteiger partial charge is 0.494 e. The number of ether oxygens (including phenoxy) is 1. The second-order valence-electron chi connectivity index (χ2n) is 11.2. The Morgan fingerprint density at radius 1 is 0.825 bits per heavy atom. The first-order chi connectivity index (χ1) is 19.4. The van der Waals surface area contributed by atoms with E-state index >= 15 is 0 Å². The number of carbonyl (C=O) groups excluding carboxylic acids is 1. The van der Waals surface area contributed by atoms with Gasteiger partial charge in [0.2, 0.25) is 5.91 Å². The van der Waals surface area contributed by atoms with Crippen LogP contribution in [0.5, 0.6) is 5.75 Å². The molecule has 0 radical (unpaired) electrons. The number of nitrogens with zero attached hydrogens (tertiary/aromatic N) is 2. The highest BCUT2D eigenvalue weighted by Gasteiger charge is 2.14. The molecule has 1 heterocycles. The van der Waals surface area contributed by atoms with Crippen LogP contribution in [0.3, 0.4) is 0 Å². The second-order valence-corrected chi connectivity index (χ2v) is 11.2. The lowest BCUT2D eigenvalue weighted by molar-refractivity contribution is -0.120. The molecule has 0 fully saturated rings. The van der Waals surface area contributed by atoms with E-state index in [2.05, 4.69) is 73.1 Å². The molecule has 0 aliphatic carbocycles. The van der Waals surface area contributed by atoms with Gasteiger partial charge in [-0.15, -0.1) is 0 Å². The number of amides is 1. The van der Waals surface area contributed by atoms with Crippen LogP contribution < -0.4 is 10.1 Å². The van der Waals surface area contributed by atoms with Crippen LogP contribution >= 0.6 is 0 Å². The van der Waals surface area contributed by atoms with E-state index in [4.69, 9.17) is 9.72 Å². The highest BCUT2D eigenvalue weighted by atomic mass is 16.5. The monoisotopic (exact) mass is 531 g/mol. The lowest BCUT2D eigenvalue weighted by atomic mass is 9.87. The Bertz CT molecular complexity index is 1550. The first-order valence-corrected chi connectivity index (χ1v) is 14.0. The van der Waals surface area contributed by atoms with Crippen molar-refractivity contribution in [2.24, 2.45) is 0 Å². The van der Waals surface area contributed by atoms with Crippen LogP contribution in [0.15, 0.2) is 103 Å². The zero-order chi connectivity index (χ0) is 28.0. The summed E-state index contributed by atoms with van der Waals surface area (Å²) in [7, 11) is 0. The van der Waals surface area contributed by atoms with Crippen molar-refractivity contribution in [3.63, 3.8) is 0 Å². The van der Waals surface area contributed by atoms with Gasteiger partial charge in [-0.2, -0.15) is 0 Å². The molecular formula is C35H37N3O2. The minimum atomic E-state index is -0.0203. The number of benzene rings is 4. The lowest BCUT2D eigenvalue weighted by Gasteiger charge is -2.19. The molecule has 0 atom stereocenters. The third kappa shape index (κ3) is 6.78. The van der Waals surface area contributed by atoms with Crippen molar-refractivity contribution in [2.75, 3.05) is 6.61 Å². The maximum atomic E-state index is 12.8. The Hall–Kier alpha value is -4.38. The van der Waals surface area contributed by atoms with Gasteiger partial charge in [-0.25, -0.2) is 4.98 Å². The third-order valence-electron chi connectivity index (χ3n) is 7.12. The zero-order valence-electron chi connectivity index (χ0n) is 23.6. The van der Waals surface area contributed by atoms with E-state index in [9.17, 15) is 4.79 Å². The Labute approximate surface area is 236 Å². The van der Waals surface area contributed by atoms with Crippen LogP contribution in [-0.4, -0.2) is 22.1 Å². The maximum absolute atomic E-state index is 12.8. The summed E-state index contributed by atoms with van der Waals surface area (Å²) in [5.41, 5.74) is 6.71. The molecule has 5 nitrogen and oxygen atoms in total. The number of fused-ring (bicyclic) bond motifs is 1. The van der Waals surface area contributed by atoms with E-state index in [0.717, 1.165) is 46.7 Å². The molecule has 0 aliphatic heterocycles. The normalized spacial score (nSPS) is 11.5. The van der Waals surface area contributed by atoms with Gasteiger partial charge in [-0.1, -0.05) is 99.6 Å². The number of rotatable bonds is 10. The molecule has 0 saturated heterocycles. The van der Waals surface area contributed by atoms with E-state index in [-0.39, 0.29) is 11.3 Å². The van der Waals surface area contributed by atoms with E-state index < -0.39 is 0 Å². The molecule has 0 unspecified atom stereocenters. The summed E-state index contributed by atoms with van der Waals surface area (Å²) in [6, 6.07) is 34.9. The summed E-state index contributed by atoms with van der Waals surface area (Å²) in [5, 5.41) is 3.08. The molecule has 1 aromatic heterocycles. The van der Waals surface area contributed by atoms with Crippen LogP contribution in [0.4, 0.5) is 0 Å². The summed E-state index contributed by atoms with van der Waals surface area (Å²) in [4.78, 5) is 17.6. The van der Waals surface area contributed by atoms with Gasteiger partial charge in [0.1, 0.15) is 11.6 Å². The molecule has 5 rings (SSSR count). The van der Waals surface area contributed by atoms with Crippen molar-refractivity contribution in [1.29, 1.82) is 0 Å². The van der Waals surface area contributed by atoms with Crippen molar-refractivity contribution >= 4 is 16.9 Å². The predicted octanol–water partition coefficient (Wildman–Crippen LogP) is 7.33. The molecular weight excluding hydrogens is 494 g/mol. The summed E-state index contributed by atoms with van der Waals surface area (Å²) in [5.74, 6) is 1.71. The highest BCUT2D eigenvalue weighted by Crippen LogP contribution is 2.24. The highest BCUT2D eigenvalue weighted by molar-refractivity contribution is 5.79. The zero-order valence-corrected chi connectivity index (χ0v) is 23.6. The van der Waals surface area contributed by atoms with Crippen LogP contribution in [0, 0.1) is 0 Å². The van der Waals surface area contributed by atoms with Crippen molar-refractivity contribution in [3.8, 4) is 16.9 Å². The number of hydrogen-bond acceptors (Lipinski definition) is 3. The fourth-order valence-corrected chi connectivity index (χ4v) is 4.84. The second kappa shape index (κ2) is 12.2. The van der Waals surface area contributed by atoms with Gasteiger partial charge in [0.15, 0.2) is 0 Å². The van der Waals surface area contributed by atoms with E-state index in [1.807, 2.05) is 60.7 Å². The van der Waals surface area contributed by atoms with Crippen molar-refractivity contribution in [1.82, 2.24) is 14.9 Å². The Balaban J connectivity index is 1.17. The summed E-state index contributed by atoms with van der Waals surface area (Å²) < 4.78 is 8.21.